The average Bonchev–Trinajstić information content (AvgIpc) is 2.85. The van der Waals surface area contributed by atoms with Gasteiger partial charge in [0.1, 0.15) is 5.60 Å². The van der Waals surface area contributed by atoms with Gasteiger partial charge < -0.3 is 15.4 Å². The van der Waals surface area contributed by atoms with Gasteiger partial charge in [0.25, 0.3) is 0 Å². The Hall–Kier alpha value is -1.26. The number of nitrogens with zero attached hydrogens (tertiary/aromatic N) is 1. The van der Waals surface area contributed by atoms with Crippen molar-refractivity contribution >= 4 is 12.0 Å². The van der Waals surface area contributed by atoms with Crippen LogP contribution < -0.4 is 5.73 Å². The van der Waals surface area contributed by atoms with Gasteiger partial charge in [-0.1, -0.05) is 0 Å². The number of amides is 2. The first-order valence-corrected chi connectivity index (χ1v) is 6.98. The lowest BCUT2D eigenvalue weighted by Crippen LogP contribution is -2.36. The summed E-state index contributed by atoms with van der Waals surface area (Å²) >= 11 is 0. The van der Waals surface area contributed by atoms with Crippen molar-refractivity contribution in [3.05, 3.63) is 0 Å². The molecule has 1 heterocycles. The van der Waals surface area contributed by atoms with Crippen LogP contribution in [-0.2, 0) is 9.53 Å². The SMILES string of the molecule is CC(C)(C)OC(=O)N1CCC2(CCC(C(N)=O)C2)C1. The number of ether oxygens (including phenoxy) is 1. The minimum Gasteiger partial charge on any atom is -0.444 e. The molecule has 1 saturated carbocycles. The summed E-state index contributed by atoms with van der Waals surface area (Å²) in [6.07, 6.45) is 3.38. The molecule has 1 spiro atoms. The van der Waals surface area contributed by atoms with Crippen molar-refractivity contribution < 1.29 is 14.3 Å². The van der Waals surface area contributed by atoms with Crippen LogP contribution in [-0.4, -0.2) is 35.6 Å². The number of carbonyl (C=O) groups excluding carboxylic acids is 2. The second kappa shape index (κ2) is 4.69. The largest absolute Gasteiger partial charge is 0.444 e. The summed E-state index contributed by atoms with van der Waals surface area (Å²) in [5.74, 6) is -0.217. The second-order valence-corrected chi connectivity index (χ2v) is 6.99. The maximum Gasteiger partial charge on any atom is 0.410 e. The lowest BCUT2D eigenvalue weighted by atomic mass is 9.84. The summed E-state index contributed by atoms with van der Waals surface area (Å²) in [6.45, 7) is 7.03. The molecule has 2 N–H and O–H groups in total. The first-order chi connectivity index (χ1) is 8.71. The van der Waals surface area contributed by atoms with E-state index >= 15 is 0 Å². The van der Waals surface area contributed by atoms with Gasteiger partial charge in [-0.2, -0.15) is 0 Å². The Bertz CT molecular complexity index is 389. The van der Waals surface area contributed by atoms with Gasteiger partial charge in [0.2, 0.25) is 5.91 Å². The Balaban J connectivity index is 1.93. The molecule has 2 aliphatic rings. The zero-order chi connectivity index (χ0) is 14.3. The maximum atomic E-state index is 12.0. The van der Waals surface area contributed by atoms with E-state index in [-0.39, 0.29) is 23.3 Å². The van der Waals surface area contributed by atoms with Crippen molar-refractivity contribution in [2.45, 2.75) is 52.1 Å². The molecule has 19 heavy (non-hydrogen) atoms. The Kier molecular flexibility index (Phi) is 3.49. The molecule has 2 amide bonds. The topological polar surface area (TPSA) is 72.6 Å². The number of nitrogens with two attached hydrogens (primary N) is 1. The van der Waals surface area contributed by atoms with E-state index in [4.69, 9.17) is 10.5 Å². The summed E-state index contributed by atoms with van der Waals surface area (Å²) in [4.78, 5) is 25.1. The Morgan fingerprint density at radius 1 is 1.32 bits per heavy atom. The molecule has 0 bridgehead atoms. The summed E-state index contributed by atoms with van der Waals surface area (Å²) in [5.41, 5.74) is 5.02. The van der Waals surface area contributed by atoms with Crippen LogP contribution in [0.2, 0.25) is 0 Å². The van der Waals surface area contributed by atoms with Gasteiger partial charge >= 0.3 is 6.09 Å². The van der Waals surface area contributed by atoms with E-state index in [1.807, 2.05) is 20.8 Å². The first-order valence-electron chi connectivity index (χ1n) is 6.98. The molecule has 2 fully saturated rings. The molecule has 2 atom stereocenters. The van der Waals surface area contributed by atoms with Crippen molar-refractivity contribution in [3.63, 3.8) is 0 Å². The van der Waals surface area contributed by atoms with Crippen LogP contribution in [0.4, 0.5) is 4.79 Å². The number of carbonyl (C=O) groups is 2. The highest BCUT2D eigenvalue weighted by Gasteiger charge is 2.47. The molecule has 0 aromatic carbocycles. The second-order valence-electron chi connectivity index (χ2n) is 6.99. The highest BCUT2D eigenvalue weighted by molar-refractivity contribution is 5.77. The number of rotatable bonds is 1. The van der Waals surface area contributed by atoms with Gasteiger partial charge in [0.05, 0.1) is 0 Å². The van der Waals surface area contributed by atoms with Crippen LogP contribution >= 0.6 is 0 Å². The molecule has 0 radical (unpaired) electrons. The zero-order valence-electron chi connectivity index (χ0n) is 12.1. The van der Waals surface area contributed by atoms with Crippen molar-refractivity contribution in [3.8, 4) is 0 Å². The van der Waals surface area contributed by atoms with E-state index in [1.165, 1.54) is 0 Å². The van der Waals surface area contributed by atoms with Crippen LogP contribution in [0, 0.1) is 11.3 Å². The summed E-state index contributed by atoms with van der Waals surface area (Å²) in [6, 6.07) is 0. The highest BCUT2D eigenvalue weighted by atomic mass is 16.6. The number of hydrogen-bond donors (Lipinski definition) is 1. The van der Waals surface area contributed by atoms with Crippen LogP contribution in [0.1, 0.15) is 46.5 Å². The summed E-state index contributed by atoms with van der Waals surface area (Å²) in [5, 5.41) is 0. The monoisotopic (exact) mass is 268 g/mol. The van der Waals surface area contributed by atoms with Crippen molar-refractivity contribution in [2.75, 3.05) is 13.1 Å². The van der Waals surface area contributed by atoms with Crippen LogP contribution in [0.5, 0.6) is 0 Å². The molecule has 5 nitrogen and oxygen atoms in total. The number of primary amides is 1. The van der Waals surface area contributed by atoms with Gasteiger partial charge in [0.15, 0.2) is 0 Å². The Labute approximate surface area is 114 Å². The molecule has 1 aliphatic carbocycles. The third kappa shape index (κ3) is 3.19. The fourth-order valence-electron chi connectivity index (χ4n) is 3.24. The predicted molar refractivity (Wildman–Crippen MR) is 71.4 cm³/mol. The molecule has 5 heteroatoms. The molecule has 0 aromatic rings. The maximum absolute atomic E-state index is 12.0. The zero-order valence-corrected chi connectivity index (χ0v) is 12.1. The molecule has 1 aliphatic heterocycles. The molecule has 2 rings (SSSR count). The van der Waals surface area contributed by atoms with E-state index in [1.54, 1.807) is 4.90 Å². The molecular formula is C14H24N2O3. The van der Waals surface area contributed by atoms with Crippen LogP contribution in [0.25, 0.3) is 0 Å². The smallest absolute Gasteiger partial charge is 0.410 e. The molecule has 2 unspecified atom stereocenters. The van der Waals surface area contributed by atoms with E-state index in [9.17, 15) is 9.59 Å². The van der Waals surface area contributed by atoms with Gasteiger partial charge in [0, 0.05) is 19.0 Å². The van der Waals surface area contributed by atoms with Gasteiger partial charge in [-0.3, -0.25) is 4.79 Å². The Morgan fingerprint density at radius 2 is 2.00 bits per heavy atom. The molecule has 1 saturated heterocycles. The van der Waals surface area contributed by atoms with Gasteiger partial charge in [-0.25, -0.2) is 4.79 Å². The van der Waals surface area contributed by atoms with Gasteiger partial charge in [-0.05, 0) is 51.9 Å². The average molecular weight is 268 g/mol. The fraction of sp³-hybridized carbons (Fsp3) is 0.857. The lowest BCUT2D eigenvalue weighted by Gasteiger charge is -2.26. The van der Waals surface area contributed by atoms with Crippen molar-refractivity contribution in [1.82, 2.24) is 4.90 Å². The number of hydrogen-bond acceptors (Lipinski definition) is 3. The minimum atomic E-state index is -0.460. The molecule has 0 aromatic heterocycles. The molecular weight excluding hydrogens is 244 g/mol. The van der Waals surface area contributed by atoms with Crippen molar-refractivity contribution in [1.29, 1.82) is 0 Å². The quantitative estimate of drug-likeness (QED) is 0.789. The first kappa shape index (κ1) is 14.2. The standard InChI is InChI=1S/C14H24N2O3/c1-13(2,3)19-12(18)16-7-6-14(9-16)5-4-10(8-14)11(15)17/h10H,4-9H2,1-3H3,(H2,15,17). The Morgan fingerprint density at radius 3 is 2.53 bits per heavy atom. The van der Waals surface area contributed by atoms with Crippen LogP contribution in [0.3, 0.4) is 0 Å². The molecule has 108 valence electrons. The minimum absolute atomic E-state index is 0.0152. The third-order valence-corrected chi connectivity index (χ3v) is 4.19. The lowest BCUT2D eigenvalue weighted by molar-refractivity contribution is -0.121. The highest BCUT2D eigenvalue weighted by Crippen LogP contribution is 2.48. The normalized spacial score (nSPS) is 30.9. The van der Waals surface area contributed by atoms with E-state index < -0.39 is 5.60 Å². The van der Waals surface area contributed by atoms with Crippen molar-refractivity contribution in [2.24, 2.45) is 17.1 Å². The van der Waals surface area contributed by atoms with E-state index in [0.29, 0.717) is 6.54 Å². The third-order valence-electron chi connectivity index (χ3n) is 4.19. The fourth-order valence-corrected chi connectivity index (χ4v) is 3.24. The number of likely N-dealkylation sites (tertiary alicyclic amines) is 1. The summed E-state index contributed by atoms with van der Waals surface area (Å²) in [7, 11) is 0. The van der Waals surface area contributed by atoms with Crippen LogP contribution in [0.15, 0.2) is 0 Å². The predicted octanol–water partition coefficient (Wildman–Crippen LogP) is 1.90. The van der Waals surface area contributed by atoms with E-state index in [0.717, 1.165) is 32.2 Å². The van der Waals surface area contributed by atoms with E-state index in [2.05, 4.69) is 0 Å². The van der Waals surface area contributed by atoms with Gasteiger partial charge in [-0.15, -0.1) is 0 Å². The summed E-state index contributed by atoms with van der Waals surface area (Å²) < 4.78 is 5.39.